The average molecular weight is 236 g/mol. The second-order valence-electron chi connectivity index (χ2n) is 3.59. The third-order valence-corrected chi connectivity index (χ3v) is 2.33. The first kappa shape index (κ1) is 11.4. The molecule has 0 aliphatic rings. The molecule has 0 aliphatic heterocycles. The Morgan fingerprint density at radius 2 is 2.00 bits per heavy atom. The Hall–Kier alpha value is -2.04. The molecule has 0 radical (unpaired) electrons. The first-order valence-electron chi connectivity index (χ1n) is 5.07. The van der Waals surface area contributed by atoms with Gasteiger partial charge in [-0.2, -0.15) is 5.10 Å². The van der Waals surface area contributed by atoms with Gasteiger partial charge in [-0.25, -0.2) is 8.78 Å². The number of alkyl halides is 2. The van der Waals surface area contributed by atoms with Crippen LogP contribution in [0.2, 0.25) is 0 Å². The molecule has 0 fully saturated rings. The van der Waals surface area contributed by atoms with Gasteiger partial charge in [-0.3, -0.25) is 9.89 Å². The standard InChI is InChI=1S/C12H10F2N2O/c13-12(14)10-7-9(15-16-10)11(17)6-8-4-2-1-3-5-8/h1-5,7,12H,6H2,(H,15,16). The quantitative estimate of drug-likeness (QED) is 0.829. The number of H-pyrrole nitrogens is 1. The van der Waals surface area contributed by atoms with E-state index in [4.69, 9.17) is 0 Å². The summed E-state index contributed by atoms with van der Waals surface area (Å²) in [5.41, 5.74) is 0.546. The van der Waals surface area contributed by atoms with Crippen LogP contribution in [0.3, 0.4) is 0 Å². The first-order chi connectivity index (χ1) is 8.16. The fourth-order valence-corrected chi connectivity index (χ4v) is 1.46. The monoisotopic (exact) mass is 236 g/mol. The Balaban J connectivity index is 2.10. The number of aromatic nitrogens is 2. The minimum absolute atomic E-state index is 0.0455. The lowest BCUT2D eigenvalue weighted by atomic mass is 10.1. The summed E-state index contributed by atoms with van der Waals surface area (Å²) in [6, 6.07) is 10.2. The van der Waals surface area contributed by atoms with Gasteiger partial charge in [0.2, 0.25) is 0 Å². The number of Topliss-reactive ketones (excluding diaryl/α,β-unsaturated/α-hetero) is 1. The number of rotatable bonds is 4. The van der Waals surface area contributed by atoms with Crippen LogP contribution in [0.5, 0.6) is 0 Å². The van der Waals surface area contributed by atoms with Crippen LogP contribution in [0.15, 0.2) is 36.4 Å². The van der Waals surface area contributed by atoms with Gasteiger partial charge in [0.15, 0.2) is 5.78 Å². The van der Waals surface area contributed by atoms with Crippen molar-refractivity contribution in [2.24, 2.45) is 0 Å². The van der Waals surface area contributed by atoms with Crippen molar-refractivity contribution < 1.29 is 13.6 Å². The molecule has 3 nitrogen and oxygen atoms in total. The molecule has 2 aromatic rings. The molecule has 17 heavy (non-hydrogen) atoms. The molecular weight excluding hydrogens is 226 g/mol. The summed E-state index contributed by atoms with van der Waals surface area (Å²) in [5.74, 6) is -0.278. The molecule has 88 valence electrons. The van der Waals surface area contributed by atoms with Crippen LogP contribution in [0.25, 0.3) is 0 Å². The number of aromatic amines is 1. The molecule has 1 aromatic carbocycles. The Kier molecular flexibility index (Phi) is 3.27. The molecular formula is C12H10F2N2O. The Morgan fingerprint density at radius 3 is 2.59 bits per heavy atom. The van der Waals surface area contributed by atoms with Gasteiger partial charge in [-0.1, -0.05) is 30.3 Å². The topological polar surface area (TPSA) is 45.8 Å². The highest BCUT2D eigenvalue weighted by Crippen LogP contribution is 2.17. The van der Waals surface area contributed by atoms with Gasteiger partial charge in [0.25, 0.3) is 6.43 Å². The molecule has 0 atom stereocenters. The van der Waals surface area contributed by atoms with Crippen molar-refractivity contribution in [3.05, 3.63) is 53.3 Å². The molecule has 0 spiro atoms. The molecule has 5 heteroatoms. The predicted octanol–water partition coefficient (Wildman–Crippen LogP) is 2.77. The lowest BCUT2D eigenvalue weighted by Crippen LogP contribution is -2.03. The van der Waals surface area contributed by atoms with E-state index in [0.29, 0.717) is 0 Å². The number of hydrogen-bond donors (Lipinski definition) is 1. The minimum atomic E-state index is -2.64. The Labute approximate surface area is 96.5 Å². The molecule has 0 bridgehead atoms. The summed E-state index contributed by atoms with van der Waals surface area (Å²) in [7, 11) is 0. The molecule has 1 N–H and O–H groups in total. The van der Waals surface area contributed by atoms with E-state index >= 15 is 0 Å². The van der Waals surface area contributed by atoms with E-state index in [2.05, 4.69) is 10.2 Å². The van der Waals surface area contributed by atoms with Crippen LogP contribution < -0.4 is 0 Å². The van der Waals surface area contributed by atoms with Crippen LogP contribution in [0, 0.1) is 0 Å². The van der Waals surface area contributed by atoms with Crippen molar-refractivity contribution >= 4 is 5.78 Å². The van der Waals surface area contributed by atoms with Gasteiger partial charge in [0.05, 0.1) is 0 Å². The van der Waals surface area contributed by atoms with Gasteiger partial charge in [-0.15, -0.1) is 0 Å². The number of halogens is 2. The number of carbonyl (C=O) groups is 1. The van der Waals surface area contributed by atoms with Crippen molar-refractivity contribution in [2.75, 3.05) is 0 Å². The van der Waals surface area contributed by atoms with Crippen molar-refractivity contribution in [1.29, 1.82) is 0 Å². The van der Waals surface area contributed by atoms with E-state index < -0.39 is 6.43 Å². The summed E-state index contributed by atoms with van der Waals surface area (Å²) < 4.78 is 24.6. The van der Waals surface area contributed by atoms with Gasteiger partial charge < -0.3 is 0 Å². The smallest absolute Gasteiger partial charge is 0.279 e. The fourth-order valence-electron chi connectivity index (χ4n) is 1.46. The maximum absolute atomic E-state index is 12.3. The van der Waals surface area contributed by atoms with E-state index in [9.17, 15) is 13.6 Å². The van der Waals surface area contributed by atoms with Crippen LogP contribution in [0.4, 0.5) is 8.78 Å². The third-order valence-electron chi connectivity index (χ3n) is 2.33. The Bertz CT molecular complexity index is 508. The summed E-state index contributed by atoms with van der Waals surface area (Å²) in [4.78, 5) is 11.7. The largest absolute Gasteiger partial charge is 0.292 e. The maximum Gasteiger partial charge on any atom is 0.279 e. The third kappa shape index (κ3) is 2.75. The zero-order valence-corrected chi connectivity index (χ0v) is 8.86. The number of hydrogen-bond acceptors (Lipinski definition) is 2. The number of benzene rings is 1. The second kappa shape index (κ2) is 4.86. The van der Waals surface area contributed by atoms with E-state index in [1.165, 1.54) is 0 Å². The lowest BCUT2D eigenvalue weighted by molar-refractivity contribution is 0.0988. The van der Waals surface area contributed by atoms with Crippen molar-refractivity contribution in [3.8, 4) is 0 Å². The molecule has 0 aliphatic carbocycles. The average Bonchev–Trinajstić information content (AvgIpc) is 2.79. The predicted molar refractivity (Wildman–Crippen MR) is 58.0 cm³/mol. The minimum Gasteiger partial charge on any atom is -0.292 e. The van der Waals surface area contributed by atoms with Crippen molar-refractivity contribution in [3.63, 3.8) is 0 Å². The molecule has 0 unspecified atom stereocenters. The highest BCUT2D eigenvalue weighted by atomic mass is 19.3. The second-order valence-corrected chi connectivity index (χ2v) is 3.59. The van der Waals surface area contributed by atoms with E-state index in [-0.39, 0.29) is 23.6 Å². The molecule has 1 aromatic heterocycles. The zero-order valence-electron chi connectivity index (χ0n) is 8.86. The lowest BCUT2D eigenvalue weighted by Gasteiger charge is -1.97. The maximum atomic E-state index is 12.3. The summed E-state index contributed by atoms with van der Waals surface area (Å²) in [6.45, 7) is 0. The highest BCUT2D eigenvalue weighted by Gasteiger charge is 2.15. The molecule has 0 saturated heterocycles. The summed E-state index contributed by atoms with van der Waals surface area (Å²) in [6.07, 6.45) is -2.48. The summed E-state index contributed by atoms with van der Waals surface area (Å²) >= 11 is 0. The molecule has 2 rings (SSSR count). The fraction of sp³-hybridized carbons (Fsp3) is 0.167. The normalized spacial score (nSPS) is 10.8. The number of carbonyl (C=O) groups excluding carboxylic acids is 1. The van der Waals surface area contributed by atoms with Gasteiger partial charge in [0.1, 0.15) is 11.4 Å². The van der Waals surface area contributed by atoms with Crippen molar-refractivity contribution in [1.82, 2.24) is 10.2 Å². The number of ketones is 1. The SMILES string of the molecule is O=C(Cc1ccccc1)c1cc(C(F)F)[nH]n1. The summed E-state index contributed by atoms with van der Waals surface area (Å²) in [5, 5.41) is 5.73. The molecule has 0 amide bonds. The van der Waals surface area contributed by atoms with Crippen molar-refractivity contribution in [2.45, 2.75) is 12.8 Å². The van der Waals surface area contributed by atoms with Crippen LogP contribution >= 0.6 is 0 Å². The van der Waals surface area contributed by atoms with E-state index in [1.54, 1.807) is 12.1 Å². The van der Waals surface area contributed by atoms with Crippen LogP contribution in [0.1, 0.15) is 28.2 Å². The molecule has 1 heterocycles. The van der Waals surface area contributed by atoms with Crippen LogP contribution in [-0.2, 0) is 6.42 Å². The van der Waals surface area contributed by atoms with Gasteiger partial charge >= 0.3 is 0 Å². The van der Waals surface area contributed by atoms with Gasteiger partial charge in [-0.05, 0) is 11.6 Å². The highest BCUT2D eigenvalue weighted by molar-refractivity contribution is 5.95. The Morgan fingerprint density at radius 1 is 1.29 bits per heavy atom. The van der Waals surface area contributed by atoms with E-state index in [1.807, 2.05) is 18.2 Å². The number of nitrogens with one attached hydrogen (secondary N) is 1. The van der Waals surface area contributed by atoms with Crippen LogP contribution in [-0.4, -0.2) is 16.0 Å². The van der Waals surface area contributed by atoms with E-state index in [0.717, 1.165) is 11.6 Å². The number of nitrogens with zero attached hydrogens (tertiary/aromatic N) is 1. The first-order valence-corrected chi connectivity index (χ1v) is 5.07. The molecule has 0 saturated carbocycles. The zero-order chi connectivity index (χ0) is 12.3. The van der Waals surface area contributed by atoms with Gasteiger partial charge in [0, 0.05) is 6.42 Å².